The molecular formula is C20H17NO3S. The molecule has 0 amide bonds. The van der Waals surface area contributed by atoms with Crippen LogP contribution in [-0.2, 0) is 0 Å². The van der Waals surface area contributed by atoms with Crippen LogP contribution in [0.15, 0.2) is 83.8 Å². The maximum Gasteiger partial charge on any atom is 0.337 e. The largest absolute Gasteiger partial charge is 0.478 e. The molecule has 0 fully saturated rings. The monoisotopic (exact) mass is 351 g/mol. The third kappa shape index (κ3) is 5.51. The lowest BCUT2D eigenvalue weighted by Crippen LogP contribution is -2.01. The van der Waals surface area contributed by atoms with Crippen LogP contribution >= 0.6 is 12.6 Å². The van der Waals surface area contributed by atoms with Crippen molar-refractivity contribution >= 4 is 36.3 Å². The van der Waals surface area contributed by atoms with E-state index in [9.17, 15) is 9.59 Å². The number of hydrogen-bond donors (Lipinski definition) is 3. The van der Waals surface area contributed by atoms with Crippen LogP contribution in [-0.4, -0.2) is 17.4 Å². The molecule has 5 heteroatoms. The van der Waals surface area contributed by atoms with Gasteiger partial charge in [0.1, 0.15) is 0 Å². The molecule has 0 atom stereocenters. The van der Waals surface area contributed by atoms with Crippen molar-refractivity contribution in [3.63, 3.8) is 0 Å². The standard InChI is InChI=1S/C13H11NO2.C7H6OS/c15-13(16)11-8-4-5-9-12(11)14-10-6-2-1-3-7-10;8-5-6-3-1-2-4-7(6)9/h1-9,14H,(H,15,16);1-5,9H. The van der Waals surface area contributed by atoms with Crippen molar-refractivity contribution in [3.05, 3.63) is 90.0 Å². The Bertz CT molecular complexity index is 850. The summed E-state index contributed by atoms with van der Waals surface area (Å²) in [6, 6.07) is 23.5. The van der Waals surface area contributed by atoms with Gasteiger partial charge < -0.3 is 10.4 Å². The minimum Gasteiger partial charge on any atom is -0.478 e. The van der Waals surface area contributed by atoms with Crippen molar-refractivity contribution in [1.29, 1.82) is 0 Å². The number of carboxylic acids is 1. The highest BCUT2D eigenvalue weighted by Gasteiger charge is 2.08. The highest BCUT2D eigenvalue weighted by atomic mass is 32.1. The fraction of sp³-hybridized carbons (Fsp3) is 0. The molecule has 4 nitrogen and oxygen atoms in total. The summed E-state index contributed by atoms with van der Waals surface area (Å²) < 4.78 is 0. The first kappa shape index (κ1) is 18.3. The zero-order valence-electron chi connectivity index (χ0n) is 13.3. The molecule has 25 heavy (non-hydrogen) atoms. The van der Waals surface area contributed by atoms with Crippen molar-refractivity contribution in [1.82, 2.24) is 0 Å². The van der Waals surface area contributed by atoms with Crippen molar-refractivity contribution < 1.29 is 14.7 Å². The van der Waals surface area contributed by atoms with Crippen molar-refractivity contribution in [2.24, 2.45) is 0 Å². The predicted octanol–water partition coefficient (Wildman–Crippen LogP) is 4.92. The van der Waals surface area contributed by atoms with Gasteiger partial charge in [0.05, 0.1) is 11.3 Å². The average molecular weight is 351 g/mol. The number of aldehydes is 1. The number of carbonyl (C=O) groups is 2. The summed E-state index contributed by atoms with van der Waals surface area (Å²) in [5, 5.41) is 12.1. The normalized spacial score (nSPS) is 9.48. The number of hydrogen-bond acceptors (Lipinski definition) is 4. The smallest absolute Gasteiger partial charge is 0.337 e. The highest BCUT2D eigenvalue weighted by molar-refractivity contribution is 7.80. The first-order chi connectivity index (χ1) is 12.1. The number of nitrogens with one attached hydrogen (secondary N) is 1. The van der Waals surface area contributed by atoms with Crippen molar-refractivity contribution in [2.75, 3.05) is 5.32 Å². The number of benzene rings is 3. The van der Waals surface area contributed by atoms with Gasteiger partial charge in [-0.25, -0.2) is 4.79 Å². The van der Waals surface area contributed by atoms with Gasteiger partial charge in [-0.15, -0.1) is 12.6 Å². The molecule has 0 heterocycles. The second-order valence-corrected chi connectivity index (χ2v) is 5.50. The zero-order valence-corrected chi connectivity index (χ0v) is 14.2. The Morgan fingerprint density at radius 3 is 2.08 bits per heavy atom. The molecule has 0 radical (unpaired) electrons. The van der Waals surface area contributed by atoms with Crippen LogP contribution in [0.3, 0.4) is 0 Å². The first-order valence-corrected chi connectivity index (χ1v) is 7.94. The Morgan fingerprint density at radius 2 is 1.48 bits per heavy atom. The molecule has 0 spiro atoms. The second kappa shape index (κ2) is 9.30. The number of rotatable bonds is 4. The van der Waals surface area contributed by atoms with E-state index in [0.29, 0.717) is 11.3 Å². The third-order valence-corrected chi connectivity index (χ3v) is 3.68. The van der Waals surface area contributed by atoms with Crippen LogP contribution in [0.5, 0.6) is 0 Å². The molecule has 0 aliphatic heterocycles. The van der Waals surface area contributed by atoms with E-state index in [1.54, 1.807) is 36.4 Å². The quantitative estimate of drug-likeness (QED) is 0.461. The van der Waals surface area contributed by atoms with Gasteiger partial charge in [0.15, 0.2) is 6.29 Å². The molecule has 0 aliphatic carbocycles. The van der Waals surface area contributed by atoms with Crippen molar-refractivity contribution in [3.8, 4) is 0 Å². The molecule has 3 rings (SSSR count). The van der Waals surface area contributed by atoms with Gasteiger partial charge >= 0.3 is 5.97 Å². The van der Waals surface area contributed by atoms with Crippen LogP contribution in [0.4, 0.5) is 11.4 Å². The van der Waals surface area contributed by atoms with Gasteiger partial charge in [0.2, 0.25) is 0 Å². The number of anilines is 2. The zero-order chi connectivity index (χ0) is 18.1. The van der Waals surface area contributed by atoms with Crippen LogP contribution in [0.1, 0.15) is 20.7 Å². The fourth-order valence-electron chi connectivity index (χ4n) is 2.04. The predicted molar refractivity (Wildman–Crippen MR) is 102 cm³/mol. The maximum atomic E-state index is 11.0. The molecule has 126 valence electrons. The van der Waals surface area contributed by atoms with Gasteiger partial charge in [0.25, 0.3) is 0 Å². The SMILES string of the molecule is O=C(O)c1ccccc1Nc1ccccc1.O=Cc1ccccc1S. The molecule has 0 unspecified atom stereocenters. The summed E-state index contributed by atoms with van der Waals surface area (Å²) >= 11 is 4.05. The summed E-state index contributed by atoms with van der Waals surface area (Å²) in [7, 11) is 0. The molecule has 0 bridgehead atoms. The average Bonchev–Trinajstić information content (AvgIpc) is 2.64. The van der Waals surface area contributed by atoms with Crippen LogP contribution < -0.4 is 5.32 Å². The third-order valence-electron chi connectivity index (χ3n) is 3.27. The Kier molecular flexibility index (Phi) is 6.80. The molecule has 2 N–H and O–H groups in total. The molecule has 0 saturated heterocycles. The van der Waals surface area contributed by atoms with Gasteiger partial charge in [-0.05, 0) is 30.3 Å². The molecular weight excluding hydrogens is 334 g/mol. The lowest BCUT2D eigenvalue weighted by atomic mass is 10.1. The maximum absolute atomic E-state index is 11.0. The van der Waals surface area contributed by atoms with E-state index >= 15 is 0 Å². The molecule has 0 saturated carbocycles. The summed E-state index contributed by atoms with van der Waals surface area (Å²) in [5.41, 5.74) is 2.38. The summed E-state index contributed by atoms with van der Waals surface area (Å²) in [6.07, 6.45) is 0.794. The van der Waals surface area contributed by atoms with Crippen LogP contribution in [0, 0.1) is 0 Å². The van der Waals surface area contributed by atoms with Crippen LogP contribution in [0.2, 0.25) is 0 Å². The van der Waals surface area contributed by atoms with Gasteiger partial charge in [-0.1, -0.05) is 48.5 Å². The Labute approximate surface area is 151 Å². The number of carbonyl (C=O) groups excluding carboxylic acids is 1. The molecule has 3 aromatic carbocycles. The van der Waals surface area contributed by atoms with E-state index < -0.39 is 5.97 Å². The van der Waals surface area contributed by atoms with Crippen molar-refractivity contribution in [2.45, 2.75) is 4.90 Å². The molecule has 0 aliphatic rings. The lowest BCUT2D eigenvalue weighted by Gasteiger charge is -2.08. The Balaban J connectivity index is 0.000000212. The number of aromatic carboxylic acids is 1. The minimum absolute atomic E-state index is 0.270. The summed E-state index contributed by atoms with van der Waals surface area (Å²) in [6.45, 7) is 0. The number of carboxylic acid groups (broad SMARTS) is 1. The molecule has 3 aromatic rings. The summed E-state index contributed by atoms with van der Waals surface area (Å²) in [5.74, 6) is -0.931. The van der Waals surface area contributed by atoms with Gasteiger partial charge in [0, 0.05) is 16.1 Å². The van der Waals surface area contributed by atoms with E-state index in [2.05, 4.69) is 17.9 Å². The fourth-order valence-corrected chi connectivity index (χ4v) is 2.26. The summed E-state index contributed by atoms with van der Waals surface area (Å²) in [4.78, 5) is 21.9. The van der Waals surface area contributed by atoms with E-state index in [-0.39, 0.29) is 5.56 Å². The van der Waals surface area contributed by atoms with E-state index in [1.807, 2.05) is 42.5 Å². The van der Waals surface area contributed by atoms with Crippen LogP contribution in [0.25, 0.3) is 0 Å². The van der Waals surface area contributed by atoms with E-state index in [0.717, 1.165) is 16.9 Å². The topological polar surface area (TPSA) is 66.4 Å². The highest BCUT2D eigenvalue weighted by Crippen LogP contribution is 2.20. The Morgan fingerprint density at radius 1 is 0.880 bits per heavy atom. The minimum atomic E-state index is -0.931. The first-order valence-electron chi connectivity index (χ1n) is 7.49. The number of para-hydroxylation sites is 2. The van der Waals surface area contributed by atoms with Gasteiger partial charge in [-0.3, -0.25) is 4.79 Å². The second-order valence-electron chi connectivity index (χ2n) is 5.02. The lowest BCUT2D eigenvalue weighted by molar-refractivity contribution is 0.0698. The molecule has 0 aromatic heterocycles. The van der Waals surface area contributed by atoms with E-state index in [4.69, 9.17) is 5.11 Å². The number of thiol groups is 1. The Hall–Kier alpha value is -3.05. The van der Waals surface area contributed by atoms with Gasteiger partial charge in [-0.2, -0.15) is 0 Å². The van der Waals surface area contributed by atoms with E-state index in [1.165, 1.54) is 0 Å².